The number of anilines is 6. The highest BCUT2D eigenvalue weighted by molar-refractivity contribution is 7.99. The maximum absolute atomic E-state index is 12.6. The summed E-state index contributed by atoms with van der Waals surface area (Å²) >= 11 is 4.75. The van der Waals surface area contributed by atoms with Gasteiger partial charge in [0.2, 0.25) is 5.75 Å². The zero-order valence-corrected chi connectivity index (χ0v) is 53.6. The number of aromatic amines is 3. The van der Waals surface area contributed by atoms with Gasteiger partial charge in [0.25, 0.3) is 0 Å². The largest absolute Gasteiger partial charge is 0.497 e. The van der Waals surface area contributed by atoms with Crippen LogP contribution in [0.4, 0.5) is 48.5 Å². The number of fused-ring (bicyclic) bond motifs is 3. The molecule has 0 atom stereocenters. The van der Waals surface area contributed by atoms with Crippen LogP contribution in [0.15, 0.2) is 174 Å². The van der Waals surface area contributed by atoms with E-state index in [-0.39, 0.29) is 12.1 Å². The van der Waals surface area contributed by atoms with E-state index in [1.165, 1.54) is 45.9 Å². The molecule has 0 aliphatic rings. The Labute approximate surface area is 545 Å². The summed E-state index contributed by atoms with van der Waals surface area (Å²) in [5.74, 6) is 4.59. The molecule has 6 heterocycles. The number of methoxy groups -OCH3 is 5. The van der Waals surface area contributed by atoms with Crippen molar-refractivity contribution in [2.45, 2.75) is 46.2 Å². The molecule has 0 spiro atoms. The first kappa shape index (κ1) is 64.8. The number of H-pyrrole nitrogens is 3. The molecule has 0 saturated carbocycles. The van der Waals surface area contributed by atoms with Crippen molar-refractivity contribution in [2.75, 3.05) is 67.4 Å². The van der Waals surface area contributed by atoms with Gasteiger partial charge in [-0.25, -0.2) is 44.3 Å². The molecule has 0 unspecified atom stereocenters. The van der Waals surface area contributed by atoms with Crippen molar-refractivity contribution < 1.29 is 38.1 Å². The fourth-order valence-corrected chi connectivity index (χ4v) is 11.7. The van der Waals surface area contributed by atoms with Crippen LogP contribution in [-0.2, 0) is 17.3 Å². The van der Waals surface area contributed by atoms with Crippen LogP contribution >= 0.6 is 35.3 Å². The molecule has 0 fully saturated rings. The first-order valence-electron chi connectivity index (χ1n) is 28.3. The number of thioether (sulfide) groups is 3. The minimum absolute atomic E-state index is 0.269. The zero-order valence-electron chi connectivity index (χ0n) is 51.1. The predicted octanol–water partition coefficient (Wildman–Crippen LogP) is 13.5. The van der Waals surface area contributed by atoms with Crippen molar-refractivity contribution in [3.8, 4) is 28.7 Å². The molecule has 6 amide bonds. The number of ether oxygens (including phenoxy) is 5. The maximum Gasteiger partial charge on any atom is 0.323 e. The summed E-state index contributed by atoms with van der Waals surface area (Å²) in [6.45, 7) is 4.07. The molecule has 93 heavy (non-hydrogen) atoms. The van der Waals surface area contributed by atoms with Crippen LogP contribution in [0, 0.1) is 13.8 Å². The summed E-state index contributed by atoms with van der Waals surface area (Å²) in [4.78, 5) is 62.8. The SMILES string of the molecule is COc1cc(NC(=O)Nc2cccc(CSc3ncnc4[nH]ncc34)c2)cc(OC)c1.COc1cc(NC(=O)Nc2cccc(CSc3ncnc4[nH]ncc34)c2)cc(OC)c1OC.Cc1ccc(NC(=O)Nc2cccc(CSc3ncnc4[nH]ncc34)c2)cc1C. The number of aromatic nitrogens is 12. The van der Waals surface area contributed by atoms with Crippen LogP contribution in [0.2, 0.25) is 0 Å². The molecule has 12 aromatic rings. The highest BCUT2D eigenvalue weighted by Crippen LogP contribution is 2.40. The molecule has 474 valence electrons. The van der Waals surface area contributed by atoms with Crippen molar-refractivity contribution in [1.82, 2.24) is 60.5 Å². The molecular weight excluding hydrogens is 1250 g/mol. The molecule has 9 N–H and O–H groups in total. The van der Waals surface area contributed by atoms with E-state index in [2.05, 4.69) is 92.4 Å². The van der Waals surface area contributed by atoms with Crippen molar-refractivity contribution in [3.05, 3.63) is 187 Å². The van der Waals surface area contributed by atoms with Gasteiger partial charge in [0.05, 0.1) is 76.0 Å². The Hall–Kier alpha value is -11.2. The van der Waals surface area contributed by atoms with E-state index in [4.69, 9.17) is 23.7 Å². The average molecular weight is 1310 g/mol. The highest BCUT2D eigenvalue weighted by Gasteiger charge is 2.17. The summed E-state index contributed by atoms with van der Waals surface area (Å²) in [7, 11) is 7.67. The summed E-state index contributed by atoms with van der Waals surface area (Å²) in [5.41, 5.74) is 11.5. The summed E-state index contributed by atoms with van der Waals surface area (Å²) in [6, 6.07) is 36.3. The zero-order chi connectivity index (χ0) is 65.1. The van der Waals surface area contributed by atoms with E-state index in [0.717, 1.165) is 70.5 Å². The number of hydrogen-bond acceptors (Lipinski definition) is 20. The van der Waals surface area contributed by atoms with Crippen LogP contribution in [0.1, 0.15) is 27.8 Å². The second-order valence-electron chi connectivity index (χ2n) is 20.0. The lowest BCUT2D eigenvalue weighted by Crippen LogP contribution is -2.19. The quantitative estimate of drug-likeness (QED) is 0.0253. The summed E-state index contributed by atoms with van der Waals surface area (Å²) < 4.78 is 26.4. The van der Waals surface area contributed by atoms with Gasteiger partial charge in [0.1, 0.15) is 45.6 Å². The second kappa shape index (κ2) is 31.5. The van der Waals surface area contributed by atoms with Gasteiger partial charge >= 0.3 is 18.1 Å². The van der Waals surface area contributed by atoms with Gasteiger partial charge in [-0.15, -0.1) is 35.3 Å². The second-order valence-corrected chi connectivity index (χ2v) is 22.8. The number of nitrogens with zero attached hydrogens (tertiary/aromatic N) is 9. The van der Waals surface area contributed by atoms with E-state index >= 15 is 0 Å². The van der Waals surface area contributed by atoms with Gasteiger partial charge < -0.3 is 55.6 Å². The van der Waals surface area contributed by atoms with E-state index in [1.54, 1.807) is 98.4 Å². The third-order valence-electron chi connectivity index (χ3n) is 13.6. The van der Waals surface area contributed by atoms with Crippen LogP contribution in [-0.4, -0.2) is 114 Å². The van der Waals surface area contributed by atoms with Gasteiger partial charge in [-0.2, -0.15) is 15.3 Å². The standard InChI is InChI=1S/C22H22N6O4S.C21H20N6O3S.C21H20N6OS/c1-30-17-8-15(9-18(31-2)19(17)32-3)27-22(29)26-14-6-4-5-13(7-14)11-33-21-16-10-25-28-20(16)23-12-24-21;1-29-16-7-15(8-17(9-16)30-2)26-21(28)25-14-5-3-4-13(6-14)11-31-20-18-10-24-27-19(18)22-12-23-20;1-13-6-7-17(8-14(13)2)26-21(28)25-16-5-3-4-15(9-16)11-29-20-18-10-24-27-19(18)22-12-23-20/h4-10,12H,11H2,1-3H3,(H2,26,27,29)(H,23,24,25,28);3-10,12H,11H2,1-2H3,(H2,25,26,28)(H,22,23,24,27);3-10,12H,11H2,1-2H3,(H2,25,26,28)(H,22,23,24,27). The topological polar surface area (TPSA) is 333 Å². The summed E-state index contributed by atoms with van der Waals surface area (Å²) in [6.07, 6.45) is 9.70. The molecule has 6 aromatic carbocycles. The Morgan fingerprint density at radius 1 is 0.387 bits per heavy atom. The summed E-state index contributed by atoms with van der Waals surface area (Å²) in [5, 5.41) is 42.8. The molecule has 0 bridgehead atoms. The highest BCUT2D eigenvalue weighted by atomic mass is 32.2. The molecule has 26 nitrogen and oxygen atoms in total. The number of amides is 6. The lowest BCUT2D eigenvalue weighted by atomic mass is 10.1. The number of carbonyl (C=O) groups is 3. The van der Waals surface area contributed by atoms with E-state index < -0.39 is 6.03 Å². The normalized spacial score (nSPS) is 10.7. The number of carbonyl (C=O) groups excluding carboxylic acids is 3. The number of benzene rings is 6. The monoisotopic (exact) mass is 1310 g/mol. The molecule has 29 heteroatoms. The van der Waals surface area contributed by atoms with Crippen molar-refractivity contribution in [3.63, 3.8) is 0 Å². The van der Waals surface area contributed by atoms with Gasteiger partial charge in [0, 0.05) is 76.0 Å². The van der Waals surface area contributed by atoms with E-state index in [1.807, 2.05) is 105 Å². The molecule has 0 radical (unpaired) electrons. The Morgan fingerprint density at radius 3 is 1.11 bits per heavy atom. The number of nitrogens with one attached hydrogen (secondary N) is 9. The number of rotatable bonds is 20. The molecule has 0 aliphatic heterocycles. The number of urea groups is 3. The minimum atomic E-state index is -0.398. The van der Waals surface area contributed by atoms with Crippen LogP contribution in [0.5, 0.6) is 28.7 Å². The van der Waals surface area contributed by atoms with Gasteiger partial charge in [-0.05, 0) is 90.2 Å². The Kier molecular flexibility index (Phi) is 22.0. The number of aryl methyl sites for hydroxylation is 2. The Balaban J connectivity index is 0.000000153. The smallest absolute Gasteiger partial charge is 0.323 e. The first-order valence-corrected chi connectivity index (χ1v) is 31.2. The van der Waals surface area contributed by atoms with Crippen LogP contribution in [0.3, 0.4) is 0 Å². The van der Waals surface area contributed by atoms with Gasteiger partial charge in [-0.1, -0.05) is 42.5 Å². The molecule has 12 rings (SSSR count). The van der Waals surface area contributed by atoms with Crippen LogP contribution in [0.25, 0.3) is 33.1 Å². The third kappa shape index (κ3) is 17.6. The lowest BCUT2D eigenvalue weighted by Gasteiger charge is -2.15. The van der Waals surface area contributed by atoms with Gasteiger partial charge in [0.15, 0.2) is 28.4 Å². The van der Waals surface area contributed by atoms with E-state index in [9.17, 15) is 14.4 Å². The molecule has 6 aromatic heterocycles. The first-order chi connectivity index (χ1) is 45.3. The van der Waals surface area contributed by atoms with Crippen LogP contribution < -0.4 is 55.6 Å². The maximum atomic E-state index is 12.6. The van der Waals surface area contributed by atoms with Gasteiger partial charge in [-0.3, -0.25) is 15.3 Å². The fourth-order valence-electron chi connectivity index (χ4n) is 8.98. The van der Waals surface area contributed by atoms with E-state index in [0.29, 0.717) is 80.1 Å². The fraction of sp³-hybridized carbons (Fsp3) is 0.156. The Bertz CT molecular complexity index is 4520. The third-order valence-corrected chi connectivity index (χ3v) is 16.8. The average Bonchev–Trinajstić information content (AvgIpc) is 2.08. The van der Waals surface area contributed by atoms with Crippen molar-refractivity contribution in [2.24, 2.45) is 0 Å². The Morgan fingerprint density at radius 2 is 0.753 bits per heavy atom. The lowest BCUT2D eigenvalue weighted by molar-refractivity contribution is 0.261. The van der Waals surface area contributed by atoms with Crippen molar-refractivity contribution >= 4 is 121 Å². The molecular formula is C64H62N18O8S3. The molecule has 0 saturated heterocycles. The number of hydrogen-bond donors (Lipinski definition) is 9. The molecule has 0 aliphatic carbocycles. The van der Waals surface area contributed by atoms with Crippen molar-refractivity contribution in [1.29, 1.82) is 0 Å². The predicted molar refractivity (Wildman–Crippen MR) is 363 cm³/mol. The minimum Gasteiger partial charge on any atom is -0.497 e.